The number of halogens is 3. The van der Waals surface area contributed by atoms with Crippen molar-refractivity contribution in [3.8, 4) is 11.5 Å². The second-order valence-electron chi connectivity index (χ2n) is 10.9. The fourth-order valence-electron chi connectivity index (χ4n) is 5.69. The number of hydrogen-bond donors (Lipinski definition) is 3. The van der Waals surface area contributed by atoms with Crippen LogP contribution in [-0.2, 0) is 9.59 Å². The van der Waals surface area contributed by atoms with Crippen molar-refractivity contribution in [3.05, 3.63) is 48.7 Å². The highest BCUT2D eigenvalue weighted by molar-refractivity contribution is 5.86. The summed E-state index contributed by atoms with van der Waals surface area (Å²) >= 11 is 0. The van der Waals surface area contributed by atoms with E-state index in [2.05, 4.69) is 21.5 Å². The average Bonchev–Trinajstić information content (AvgIpc) is 3.59. The Morgan fingerprint density at radius 3 is 2.56 bits per heavy atom. The zero-order chi connectivity index (χ0) is 31.1. The molecule has 1 fully saturated rings. The molecule has 232 valence electrons. The first-order chi connectivity index (χ1) is 20.5. The number of imidazole rings is 1. The number of H-pyrrole nitrogens is 1. The van der Waals surface area contributed by atoms with Crippen LogP contribution >= 0.6 is 0 Å². The summed E-state index contributed by atoms with van der Waals surface area (Å²) in [5, 5.41) is 8.16. The molecule has 1 saturated carbocycles. The van der Waals surface area contributed by atoms with Crippen LogP contribution in [0.25, 0.3) is 21.9 Å². The minimum atomic E-state index is -5.08. The highest BCUT2D eigenvalue weighted by Crippen LogP contribution is 2.34. The minimum Gasteiger partial charge on any atom is -0.475 e. The van der Waals surface area contributed by atoms with Crippen LogP contribution < -0.4 is 10.5 Å². The Hall–Kier alpha value is -4.22. The Morgan fingerprint density at radius 2 is 1.88 bits per heavy atom. The number of rotatable bonds is 9. The third-order valence-corrected chi connectivity index (χ3v) is 7.91. The van der Waals surface area contributed by atoms with E-state index in [1.54, 1.807) is 0 Å². The number of aromatic amines is 1. The largest absolute Gasteiger partial charge is 0.490 e. The van der Waals surface area contributed by atoms with Gasteiger partial charge in [-0.3, -0.25) is 4.79 Å². The molecule has 1 amide bonds. The highest BCUT2D eigenvalue weighted by Gasteiger charge is 2.38. The van der Waals surface area contributed by atoms with Gasteiger partial charge in [0.2, 0.25) is 11.9 Å². The predicted molar refractivity (Wildman–Crippen MR) is 159 cm³/mol. The standard InChI is InChI=1S/C29H37N5O2.C2HF3O2/c1-3-8-21(13-16-28(35)33(2)20-9-5-4-6-10-20)34-26-19-22(14-15-25(26)32-29(34)30)36-27-12-7-11-24-23(27)17-18-31-24;3-2(4,5)1(6)7/h7,11-12,14-15,17-21,31H,3-6,8-10,13,16H2,1-2H3,(H2,30,32);(H,6,7). The summed E-state index contributed by atoms with van der Waals surface area (Å²) in [5.74, 6) is -0.502. The Balaban J connectivity index is 0.000000541. The number of alkyl halides is 3. The molecule has 1 unspecified atom stereocenters. The first-order valence-electron chi connectivity index (χ1n) is 14.6. The molecule has 5 rings (SSSR count). The average molecular weight is 602 g/mol. The first-order valence-corrected chi connectivity index (χ1v) is 14.6. The Labute approximate surface area is 247 Å². The summed E-state index contributed by atoms with van der Waals surface area (Å²) in [6, 6.07) is 14.4. The van der Waals surface area contributed by atoms with Gasteiger partial charge < -0.3 is 30.0 Å². The molecule has 43 heavy (non-hydrogen) atoms. The van der Waals surface area contributed by atoms with Crippen molar-refractivity contribution in [1.29, 1.82) is 0 Å². The molecule has 0 bridgehead atoms. The quantitative estimate of drug-likeness (QED) is 0.183. The Kier molecular flexibility index (Phi) is 10.2. The van der Waals surface area contributed by atoms with Gasteiger partial charge in [-0.25, -0.2) is 9.78 Å². The SMILES string of the molecule is CCCC(CCC(=O)N(C)C1CCCCC1)n1c(N)nc2ccc(Oc3cccc4[nH]ccc34)cc21.O=C(O)C(F)(F)F. The van der Waals surface area contributed by atoms with Gasteiger partial charge in [-0.15, -0.1) is 0 Å². The second kappa shape index (κ2) is 13.8. The van der Waals surface area contributed by atoms with Crippen LogP contribution in [-0.4, -0.2) is 55.7 Å². The lowest BCUT2D eigenvalue weighted by molar-refractivity contribution is -0.192. The van der Waals surface area contributed by atoms with Crippen molar-refractivity contribution in [2.75, 3.05) is 12.8 Å². The number of carboxylic acid groups (broad SMARTS) is 1. The van der Waals surface area contributed by atoms with Gasteiger partial charge in [0.1, 0.15) is 11.5 Å². The van der Waals surface area contributed by atoms with Crippen molar-refractivity contribution >= 4 is 39.8 Å². The van der Waals surface area contributed by atoms with E-state index in [-0.39, 0.29) is 11.9 Å². The fraction of sp³-hybridized carbons (Fsp3) is 0.452. The predicted octanol–water partition coefficient (Wildman–Crippen LogP) is 7.44. The zero-order valence-electron chi connectivity index (χ0n) is 24.4. The molecule has 1 aliphatic rings. The highest BCUT2D eigenvalue weighted by atomic mass is 19.4. The second-order valence-corrected chi connectivity index (χ2v) is 10.9. The number of ether oxygens (including phenoxy) is 1. The van der Waals surface area contributed by atoms with Gasteiger partial charge in [-0.2, -0.15) is 13.2 Å². The van der Waals surface area contributed by atoms with Crippen LogP contribution in [0.4, 0.5) is 19.1 Å². The molecule has 1 aliphatic carbocycles. The molecule has 2 heterocycles. The zero-order valence-corrected chi connectivity index (χ0v) is 24.4. The normalized spacial score (nSPS) is 14.7. The number of aromatic nitrogens is 3. The molecule has 4 N–H and O–H groups in total. The fourth-order valence-corrected chi connectivity index (χ4v) is 5.69. The summed E-state index contributed by atoms with van der Waals surface area (Å²) in [6.45, 7) is 2.17. The molecule has 12 heteroatoms. The van der Waals surface area contributed by atoms with Crippen LogP contribution in [0.2, 0.25) is 0 Å². The number of aliphatic carboxylic acids is 1. The number of carbonyl (C=O) groups excluding carboxylic acids is 1. The smallest absolute Gasteiger partial charge is 0.475 e. The Bertz CT molecular complexity index is 1540. The number of benzene rings is 2. The number of nitrogens with one attached hydrogen (secondary N) is 1. The molecule has 0 aliphatic heterocycles. The van der Waals surface area contributed by atoms with Gasteiger partial charge in [0, 0.05) is 48.7 Å². The van der Waals surface area contributed by atoms with Gasteiger partial charge >= 0.3 is 12.1 Å². The molecule has 1 atom stereocenters. The number of fused-ring (bicyclic) bond motifs is 2. The number of anilines is 1. The number of amides is 1. The van der Waals surface area contributed by atoms with Gasteiger partial charge in [-0.05, 0) is 56.0 Å². The van der Waals surface area contributed by atoms with Crippen LogP contribution in [0.5, 0.6) is 11.5 Å². The maximum absolute atomic E-state index is 13.1. The summed E-state index contributed by atoms with van der Waals surface area (Å²) in [4.78, 5) is 31.8. The first kappa shape index (κ1) is 31.7. The van der Waals surface area contributed by atoms with Crippen LogP contribution in [0, 0.1) is 0 Å². The summed E-state index contributed by atoms with van der Waals surface area (Å²) < 4.78 is 40.1. The molecule has 4 aromatic rings. The number of carbonyl (C=O) groups is 2. The van der Waals surface area contributed by atoms with Crippen molar-refractivity contribution in [1.82, 2.24) is 19.4 Å². The van der Waals surface area contributed by atoms with E-state index in [4.69, 9.17) is 20.4 Å². The number of nitrogens with two attached hydrogens (primary N) is 1. The van der Waals surface area contributed by atoms with Gasteiger partial charge in [0.15, 0.2) is 0 Å². The molecule has 2 aromatic carbocycles. The lowest BCUT2D eigenvalue weighted by Gasteiger charge is -2.32. The summed E-state index contributed by atoms with van der Waals surface area (Å²) in [6.07, 6.45) is 6.01. The number of nitrogens with zero attached hydrogens (tertiary/aromatic N) is 3. The van der Waals surface area contributed by atoms with Crippen molar-refractivity contribution in [3.63, 3.8) is 0 Å². The Morgan fingerprint density at radius 1 is 1.16 bits per heavy atom. The van der Waals surface area contributed by atoms with Crippen LogP contribution in [0.3, 0.4) is 0 Å². The van der Waals surface area contributed by atoms with E-state index < -0.39 is 12.1 Å². The maximum Gasteiger partial charge on any atom is 0.490 e. The van der Waals surface area contributed by atoms with Gasteiger partial charge in [0.25, 0.3) is 0 Å². The molecule has 0 saturated heterocycles. The van der Waals surface area contributed by atoms with Crippen molar-refractivity contribution in [2.24, 2.45) is 0 Å². The lowest BCUT2D eigenvalue weighted by Crippen LogP contribution is -2.38. The monoisotopic (exact) mass is 601 g/mol. The van der Waals surface area contributed by atoms with Crippen molar-refractivity contribution in [2.45, 2.75) is 83.0 Å². The van der Waals surface area contributed by atoms with Crippen LogP contribution in [0.15, 0.2) is 48.7 Å². The molecular formula is C31H38F3N5O4. The van der Waals surface area contributed by atoms with E-state index in [9.17, 15) is 18.0 Å². The molecule has 2 aromatic heterocycles. The number of carboxylic acids is 1. The van der Waals surface area contributed by atoms with E-state index in [0.29, 0.717) is 18.4 Å². The van der Waals surface area contributed by atoms with Gasteiger partial charge in [0.05, 0.1) is 11.0 Å². The summed E-state index contributed by atoms with van der Waals surface area (Å²) in [7, 11) is 1.97. The molecule has 0 spiro atoms. The third-order valence-electron chi connectivity index (χ3n) is 7.91. The third kappa shape index (κ3) is 7.79. The summed E-state index contributed by atoms with van der Waals surface area (Å²) in [5.41, 5.74) is 9.26. The molecule has 9 nitrogen and oxygen atoms in total. The maximum atomic E-state index is 13.1. The lowest BCUT2D eigenvalue weighted by atomic mass is 9.94. The van der Waals surface area contributed by atoms with Gasteiger partial charge in [-0.1, -0.05) is 38.7 Å². The van der Waals surface area contributed by atoms with E-state index >= 15 is 0 Å². The van der Waals surface area contributed by atoms with E-state index in [1.807, 2.05) is 60.6 Å². The number of nitrogen functional groups attached to an aromatic ring is 1. The van der Waals surface area contributed by atoms with Crippen molar-refractivity contribution < 1.29 is 32.6 Å². The van der Waals surface area contributed by atoms with E-state index in [1.165, 1.54) is 19.3 Å². The number of hydrogen-bond acceptors (Lipinski definition) is 5. The topological polar surface area (TPSA) is 126 Å². The van der Waals surface area contributed by atoms with E-state index in [0.717, 1.165) is 65.5 Å². The van der Waals surface area contributed by atoms with Crippen LogP contribution in [0.1, 0.15) is 70.8 Å². The minimum absolute atomic E-state index is 0.104. The molecule has 0 radical (unpaired) electrons. The molecular weight excluding hydrogens is 563 g/mol.